The zero-order chi connectivity index (χ0) is 13.7. The molecule has 0 saturated heterocycles. The molecule has 2 aromatic rings. The van der Waals surface area contributed by atoms with Crippen molar-refractivity contribution < 1.29 is 4.74 Å². The van der Waals surface area contributed by atoms with E-state index in [1.807, 2.05) is 6.92 Å². The summed E-state index contributed by atoms with van der Waals surface area (Å²) in [4.78, 5) is 7.36. The minimum atomic E-state index is 0.695. The van der Waals surface area contributed by atoms with Crippen molar-refractivity contribution in [3.8, 4) is 5.75 Å². The van der Waals surface area contributed by atoms with Crippen molar-refractivity contribution in [2.45, 2.75) is 33.7 Å². The highest BCUT2D eigenvalue weighted by Crippen LogP contribution is 2.26. The number of ether oxygens (including phenoxy) is 1. The summed E-state index contributed by atoms with van der Waals surface area (Å²) in [6.07, 6.45) is 2.72. The van der Waals surface area contributed by atoms with Gasteiger partial charge in [0.25, 0.3) is 0 Å². The van der Waals surface area contributed by atoms with Crippen LogP contribution in [0.2, 0.25) is 0 Å². The number of benzene rings is 1. The molecule has 0 atom stereocenters. The maximum atomic E-state index is 5.78. The number of nitrogens with one attached hydrogen (secondary N) is 2. The average Bonchev–Trinajstić information content (AvgIpc) is 2.81. The second kappa shape index (κ2) is 6.27. The van der Waals surface area contributed by atoms with Crippen molar-refractivity contribution in [3.05, 3.63) is 41.5 Å². The molecule has 4 nitrogen and oxygen atoms in total. The van der Waals surface area contributed by atoms with Crippen LogP contribution in [0.1, 0.15) is 30.3 Å². The quantitative estimate of drug-likeness (QED) is 0.835. The van der Waals surface area contributed by atoms with Gasteiger partial charge in [0.05, 0.1) is 30.9 Å². The molecule has 2 N–H and O–H groups in total. The van der Waals surface area contributed by atoms with E-state index >= 15 is 0 Å². The number of aryl methyl sites for hydroxylation is 2. The molecule has 0 saturated carbocycles. The Morgan fingerprint density at radius 1 is 1.32 bits per heavy atom. The normalized spacial score (nSPS) is 10.5. The lowest BCUT2D eigenvalue weighted by molar-refractivity contribution is 0.318. The second-order valence-corrected chi connectivity index (χ2v) is 4.68. The number of anilines is 1. The molecule has 0 aliphatic rings. The van der Waals surface area contributed by atoms with Crippen LogP contribution in [0.4, 0.5) is 5.69 Å². The predicted octanol–water partition coefficient (Wildman–Crippen LogP) is 3.43. The second-order valence-electron chi connectivity index (χ2n) is 4.68. The fourth-order valence-electron chi connectivity index (χ4n) is 1.85. The lowest BCUT2D eigenvalue weighted by atomic mass is 10.2. The third-order valence-electron chi connectivity index (χ3n) is 2.98. The Morgan fingerprint density at radius 3 is 2.84 bits per heavy atom. The Balaban J connectivity index is 2.08. The van der Waals surface area contributed by atoms with Gasteiger partial charge in [0, 0.05) is 5.69 Å². The number of nitrogens with zero attached hydrogens (tertiary/aromatic N) is 1. The SMILES string of the molecule is CCCOc1cc(C)ccc1NCc1nc[nH]c1C. The zero-order valence-electron chi connectivity index (χ0n) is 11.8. The highest BCUT2D eigenvalue weighted by Gasteiger charge is 2.06. The van der Waals surface area contributed by atoms with E-state index in [4.69, 9.17) is 4.74 Å². The number of H-pyrrole nitrogens is 1. The van der Waals surface area contributed by atoms with E-state index < -0.39 is 0 Å². The molecule has 1 aromatic carbocycles. The van der Waals surface area contributed by atoms with E-state index in [1.54, 1.807) is 6.33 Å². The first-order chi connectivity index (χ1) is 9.20. The van der Waals surface area contributed by atoms with Gasteiger partial charge in [0.15, 0.2) is 0 Å². The molecule has 0 spiro atoms. The first-order valence-electron chi connectivity index (χ1n) is 6.67. The lowest BCUT2D eigenvalue weighted by Crippen LogP contribution is -2.05. The van der Waals surface area contributed by atoms with Gasteiger partial charge in [-0.1, -0.05) is 13.0 Å². The van der Waals surface area contributed by atoms with Gasteiger partial charge in [-0.3, -0.25) is 0 Å². The smallest absolute Gasteiger partial charge is 0.142 e. The van der Waals surface area contributed by atoms with Gasteiger partial charge in [-0.2, -0.15) is 0 Å². The Bertz CT molecular complexity index is 534. The van der Waals surface area contributed by atoms with E-state index in [9.17, 15) is 0 Å². The van der Waals surface area contributed by atoms with Crippen LogP contribution in [-0.4, -0.2) is 16.6 Å². The molecule has 0 fully saturated rings. The maximum Gasteiger partial charge on any atom is 0.142 e. The number of aromatic amines is 1. The third-order valence-corrected chi connectivity index (χ3v) is 2.98. The highest BCUT2D eigenvalue weighted by molar-refractivity contribution is 5.57. The molecular formula is C15H21N3O. The molecule has 102 valence electrons. The molecule has 19 heavy (non-hydrogen) atoms. The number of hydrogen-bond donors (Lipinski definition) is 2. The van der Waals surface area contributed by atoms with Gasteiger partial charge < -0.3 is 15.0 Å². The molecule has 0 radical (unpaired) electrons. The molecule has 0 aliphatic heterocycles. The predicted molar refractivity (Wildman–Crippen MR) is 77.6 cm³/mol. The summed E-state index contributed by atoms with van der Waals surface area (Å²) in [5, 5.41) is 3.39. The lowest BCUT2D eigenvalue weighted by Gasteiger charge is -2.13. The zero-order valence-corrected chi connectivity index (χ0v) is 11.8. The summed E-state index contributed by atoms with van der Waals surface area (Å²) in [5.41, 5.74) is 4.34. The first kappa shape index (κ1) is 13.5. The van der Waals surface area contributed by atoms with E-state index in [-0.39, 0.29) is 0 Å². The van der Waals surface area contributed by atoms with Crippen LogP contribution in [-0.2, 0) is 6.54 Å². The monoisotopic (exact) mass is 259 g/mol. The van der Waals surface area contributed by atoms with Gasteiger partial charge in [0.1, 0.15) is 5.75 Å². The summed E-state index contributed by atoms with van der Waals surface area (Å²) in [5.74, 6) is 0.912. The standard InChI is InChI=1S/C15H21N3O/c1-4-7-19-15-8-11(2)5-6-13(15)16-9-14-12(3)17-10-18-14/h5-6,8,10,16H,4,7,9H2,1-3H3,(H,17,18). The molecule has 2 rings (SSSR count). The molecule has 4 heteroatoms. The van der Waals surface area contributed by atoms with Crippen LogP contribution in [0.25, 0.3) is 0 Å². The van der Waals surface area contributed by atoms with E-state index in [2.05, 4.69) is 47.3 Å². The van der Waals surface area contributed by atoms with E-state index in [0.717, 1.165) is 35.9 Å². The number of rotatable bonds is 6. The van der Waals surface area contributed by atoms with Crippen LogP contribution in [0.3, 0.4) is 0 Å². The summed E-state index contributed by atoms with van der Waals surface area (Å²) >= 11 is 0. The van der Waals surface area contributed by atoms with Crippen molar-refractivity contribution in [1.29, 1.82) is 0 Å². The van der Waals surface area contributed by atoms with Gasteiger partial charge in [-0.05, 0) is 38.0 Å². The first-order valence-corrected chi connectivity index (χ1v) is 6.67. The minimum Gasteiger partial charge on any atom is -0.491 e. The molecular weight excluding hydrogens is 238 g/mol. The van der Waals surface area contributed by atoms with Crippen molar-refractivity contribution in [2.75, 3.05) is 11.9 Å². The third kappa shape index (κ3) is 3.50. The van der Waals surface area contributed by atoms with Crippen molar-refractivity contribution in [1.82, 2.24) is 9.97 Å². The number of hydrogen-bond acceptors (Lipinski definition) is 3. The minimum absolute atomic E-state index is 0.695. The van der Waals surface area contributed by atoms with Gasteiger partial charge >= 0.3 is 0 Å². The van der Waals surface area contributed by atoms with E-state index in [0.29, 0.717) is 6.54 Å². The van der Waals surface area contributed by atoms with Crippen molar-refractivity contribution >= 4 is 5.69 Å². The molecule has 0 amide bonds. The summed E-state index contributed by atoms with van der Waals surface area (Å²) < 4.78 is 5.78. The highest BCUT2D eigenvalue weighted by atomic mass is 16.5. The van der Waals surface area contributed by atoms with Gasteiger partial charge in [-0.25, -0.2) is 4.98 Å². The fraction of sp³-hybridized carbons (Fsp3) is 0.400. The van der Waals surface area contributed by atoms with Crippen LogP contribution < -0.4 is 10.1 Å². The van der Waals surface area contributed by atoms with E-state index in [1.165, 1.54) is 5.56 Å². The Labute approximate surface area is 114 Å². The topological polar surface area (TPSA) is 49.9 Å². The van der Waals surface area contributed by atoms with Crippen LogP contribution in [0, 0.1) is 13.8 Å². The molecule has 0 unspecified atom stereocenters. The van der Waals surface area contributed by atoms with Crippen LogP contribution in [0.5, 0.6) is 5.75 Å². The maximum absolute atomic E-state index is 5.78. The largest absolute Gasteiger partial charge is 0.491 e. The Kier molecular flexibility index (Phi) is 4.44. The van der Waals surface area contributed by atoms with Gasteiger partial charge in [-0.15, -0.1) is 0 Å². The number of aromatic nitrogens is 2. The summed E-state index contributed by atoms with van der Waals surface area (Å²) in [7, 11) is 0. The number of imidazole rings is 1. The Morgan fingerprint density at radius 2 is 2.16 bits per heavy atom. The van der Waals surface area contributed by atoms with Crippen molar-refractivity contribution in [3.63, 3.8) is 0 Å². The molecule has 1 aromatic heterocycles. The van der Waals surface area contributed by atoms with Crippen LogP contribution >= 0.6 is 0 Å². The molecule has 1 heterocycles. The van der Waals surface area contributed by atoms with Gasteiger partial charge in [0.2, 0.25) is 0 Å². The van der Waals surface area contributed by atoms with Crippen LogP contribution in [0.15, 0.2) is 24.5 Å². The fourth-order valence-corrected chi connectivity index (χ4v) is 1.85. The summed E-state index contributed by atoms with van der Waals surface area (Å²) in [6, 6.07) is 6.20. The molecule has 0 aliphatic carbocycles. The Hall–Kier alpha value is -1.97. The van der Waals surface area contributed by atoms with Crippen molar-refractivity contribution in [2.24, 2.45) is 0 Å². The molecule has 0 bridgehead atoms. The summed E-state index contributed by atoms with van der Waals surface area (Å²) in [6.45, 7) is 7.63. The average molecular weight is 259 g/mol.